The molecular formula is C16H22N2O. The molecule has 2 rings (SSSR count). The average Bonchev–Trinajstić information content (AvgIpc) is 2.29. The normalized spacial score (nSPS) is 11.5. The Balaban J connectivity index is 2.43. The van der Waals surface area contributed by atoms with Crippen LogP contribution < -0.4 is 10.9 Å². The molecule has 0 spiro atoms. The van der Waals surface area contributed by atoms with Crippen LogP contribution in [0.2, 0.25) is 0 Å². The third-order valence-corrected chi connectivity index (χ3v) is 3.01. The second-order valence-corrected chi connectivity index (χ2v) is 5.82. The molecule has 0 aliphatic rings. The summed E-state index contributed by atoms with van der Waals surface area (Å²) in [5, 5.41) is 4.43. The molecule has 0 amide bonds. The lowest BCUT2D eigenvalue weighted by molar-refractivity contribution is 0.643. The van der Waals surface area contributed by atoms with E-state index in [9.17, 15) is 4.79 Å². The summed E-state index contributed by atoms with van der Waals surface area (Å²) in [6, 6.07) is 8.49. The van der Waals surface area contributed by atoms with E-state index in [1.54, 1.807) is 0 Å². The van der Waals surface area contributed by atoms with Crippen LogP contribution in [0.3, 0.4) is 0 Å². The number of aromatic nitrogens is 1. The van der Waals surface area contributed by atoms with Gasteiger partial charge >= 0.3 is 0 Å². The molecular weight excluding hydrogens is 236 g/mol. The largest absolute Gasteiger partial charge is 0.383 e. The van der Waals surface area contributed by atoms with Gasteiger partial charge in [-0.25, -0.2) is 0 Å². The highest BCUT2D eigenvalue weighted by Crippen LogP contribution is 2.18. The third kappa shape index (κ3) is 3.37. The first-order valence-electron chi connectivity index (χ1n) is 6.88. The van der Waals surface area contributed by atoms with Gasteiger partial charge in [0.1, 0.15) is 0 Å². The van der Waals surface area contributed by atoms with Crippen LogP contribution in [0.25, 0.3) is 10.9 Å². The number of aromatic amines is 1. The first-order valence-corrected chi connectivity index (χ1v) is 6.88. The van der Waals surface area contributed by atoms with Crippen molar-refractivity contribution in [3.63, 3.8) is 0 Å². The quantitative estimate of drug-likeness (QED) is 0.881. The minimum atomic E-state index is 0.0305. The molecule has 0 radical (unpaired) electrons. The predicted octanol–water partition coefficient (Wildman–Crippen LogP) is 3.55. The highest BCUT2D eigenvalue weighted by Gasteiger charge is 2.06. The van der Waals surface area contributed by atoms with Gasteiger partial charge in [0.2, 0.25) is 0 Å². The Bertz CT molecular complexity index is 626. The van der Waals surface area contributed by atoms with Crippen molar-refractivity contribution in [2.24, 2.45) is 5.92 Å². The fourth-order valence-corrected chi connectivity index (χ4v) is 2.26. The summed E-state index contributed by atoms with van der Waals surface area (Å²) in [7, 11) is 0. The van der Waals surface area contributed by atoms with E-state index < -0.39 is 0 Å². The standard InChI is InChI=1S/C16H22N2O/c1-10(2)7-13-8-12-5-6-14(17-11(3)4)9-15(12)18-16(13)19/h5-6,8-11,17H,7H2,1-4H3,(H,18,19). The highest BCUT2D eigenvalue weighted by atomic mass is 16.1. The molecule has 1 aromatic heterocycles. The van der Waals surface area contributed by atoms with Gasteiger partial charge in [0.15, 0.2) is 0 Å². The Morgan fingerprint density at radius 2 is 1.89 bits per heavy atom. The maximum atomic E-state index is 12.0. The second-order valence-electron chi connectivity index (χ2n) is 5.82. The van der Waals surface area contributed by atoms with Gasteiger partial charge < -0.3 is 10.3 Å². The minimum Gasteiger partial charge on any atom is -0.383 e. The first kappa shape index (κ1) is 13.7. The van der Waals surface area contributed by atoms with E-state index in [2.05, 4.69) is 50.1 Å². The van der Waals surface area contributed by atoms with Crippen molar-refractivity contribution >= 4 is 16.6 Å². The second kappa shape index (κ2) is 5.47. The fourth-order valence-electron chi connectivity index (χ4n) is 2.26. The Morgan fingerprint density at radius 3 is 2.53 bits per heavy atom. The average molecular weight is 258 g/mol. The molecule has 1 aromatic carbocycles. The zero-order valence-electron chi connectivity index (χ0n) is 12.1. The molecule has 102 valence electrons. The van der Waals surface area contributed by atoms with Crippen molar-refractivity contribution < 1.29 is 0 Å². The molecule has 2 N–H and O–H groups in total. The Morgan fingerprint density at radius 1 is 1.16 bits per heavy atom. The topological polar surface area (TPSA) is 44.9 Å². The third-order valence-electron chi connectivity index (χ3n) is 3.01. The number of benzene rings is 1. The van der Waals surface area contributed by atoms with Gasteiger partial charge in [-0.1, -0.05) is 19.9 Å². The summed E-state index contributed by atoms with van der Waals surface area (Å²) in [5.41, 5.74) is 2.83. The molecule has 0 saturated heterocycles. The Labute approximate surface area is 114 Å². The number of nitrogens with one attached hydrogen (secondary N) is 2. The van der Waals surface area contributed by atoms with Crippen LogP contribution in [0.4, 0.5) is 5.69 Å². The van der Waals surface area contributed by atoms with Crippen LogP contribution in [0.15, 0.2) is 29.1 Å². The van der Waals surface area contributed by atoms with E-state index in [-0.39, 0.29) is 5.56 Å². The zero-order valence-corrected chi connectivity index (χ0v) is 12.1. The van der Waals surface area contributed by atoms with Crippen LogP contribution in [-0.2, 0) is 6.42 Å². The van der Waals surface area contributed by atoms with Crippen molar-refractivity contribution in [3.05, 3.63) is 40.2 Å². The molecule has 0 aliphatic carbocycles. The lowest BCUT2D eigenvalue weighted by atomic mass is 10.0. The molecule has 3 heteroatoms. The number of rotatable bonds is 4. The molecule has 19 heavy (non-hydrogen) atoms. The molecule has 3 nitrogen and oxygen atoms in total. The molecule has 1 heterocycles. The maximum Gasteiger partial charge on any atom is 0.251 e. The fraction of sp³-hybridized carbons (Fsp3) is 0.438. The number of H-pyrrole nitrogens is 1. The van der Waals surface area contributed by atoms with E-state index in [1.807, 2.05) is 12.1 Å². The van der Waals surface area contributed by atoms with Crippen LogP contribution >= 0.6 is 0 Å². The number of hydrogen-bond acceptors (Lipinski definition) is 2. The van der Waals surface area contributed by atoms with Crippen molar-refractivity contribution in [3.8, 4) is 0 Å². The smallest absolute Gasteiger partial charge is 0.251 e. The molecule has 0 atom stereocenters. The Kier molecular flexibility index (Phi) is 3.93. The molecule has 0 aliphatic heterocycles. The zero-order chi connectivity index (χ0) is 14.0. The van der Waals surface area contributed by atoms with Gasteiger partial charge in [-0.05, 0) is 49.8 Å². The van der Waals surface area contributed by atoms with E-state index in [0.29, 0.717) is 12.0 Å². The SMILES string of the molecule is CC(C)Cc1cc2ccc(NC(C)C)cc2[nH]c1=O. The molecule has 0 bridgehead atoms. The lowest BCUT2D eigenvalue weighted by Crippen LogP contribution is -2.14. The van der Waals surface area contributed by atoms with E-state index in [4.69, 9.17) is 0 Å². The molecule has 0 saturated carbocycles. The number of anilines is 1. The van der Waals surface area contributed by atoms with Gasteiger partial charge in [0.25, 0.3) is 5.56 Å². The van der Waals surface area contributed by atoms with Crippen LogP contribution in [0.5, 0.6) is 0 Å². The van der Waals surface area contributed by atoms with Crippen LogP contribution in [0.1, 0.15) is 33.3 Å². The van der Waals surface area contributed by atoms with Gasteiger partial charge in [-0.2, -0.15) is 0 Å². The van der Waals surface area contributed by atoms with Crippen molar-refractivity contribution in [2.75, 3.05) is 5.32 Å². The predicted molar refractivity (Wildman–Crippen MR) is 81.9 cm³/mol. The summed E-state index contributed by atoms with van der Waals surface area (Å²) in [6.45, 7) is 8.44. The summed E-state index contributed by atoms with van der Waals surface area (Å²) in [5.74, 6) is 0.487. The van der Waals surface area contributed by atoms with Crippen molar-refractivity contribution in [1.29, 1.82) is 0 Å². The van der Waals surface area contributed by atoms with Gasteiger partial charge in [-0.15, -0.1) is 0 Å². The monoisotopic (exact) mass is 258 g/mol. The summed E-state index contributed by atoms with van der Waals surface area (Å²) in [4.78, 5) is 15.0. The molecule has 2 aromatic rings. The van der Waals surface area contributed by atoms with Crippen LogP contribution in [0, 0.1) is 5.92 Å². The summed E-state index contributed by atoms with van der Waals surface area (Å²) in [6.07, 6.45) is 0.817. The van der Waals surface area contributed by atoms with Gasteiger partial charge in [0.05, 0.1) is 5.52 Å². The van der Waals surface area contributed by atoms with Crippen molar-refractivity contribution in [2.45, 2.75) is 40.2 Å². The minimum absolute atomic E-state index is 0.0305. The van der Waals surface area contributed by atoms with E-state index in [0.717, 1.165) is 28.6 Å². The number of fused-ring (bicyclic) bond motifs is 1. The summed E-state index contributed by atoms with van der Waals surface area (Å²) >= 11 is 0. The summed E-state index contributed by atoms with van der Waals surface area (Å²) < 4.78 is 0. The molecule has 0 fully saturated rings. The van der Waals surface area contributed by atoms with Crippen LogP contribution in [-0.4, -0.2) is 11.0 Å². The highest BCUT2D eigenvalue weighted by molar-refractivity contribution is 5.82. The molecule has 0 unspecified atom stereocenters. The number of hydrogen-bond donors (Lipinski definition) is 2. The van der Waals surface area contributed by atoms with Crippen molar-refractivity contribution in [1.82, 2.24) is 4.98 Å². The van der Waals surface area contributed by atoms with E-state index >= 15 is 0 Å². The van der Waals surface area contributed by atoms with Gasteiger partial charge in [0, 0.05) is 17.3 Å². The first-order chi connectivity index (χ1) is 8.95. The number of pyridine rings is 1. The van der Waals surface area contributed by atoms with E-state index in [1.165, 1.54) is 0 Å². The van der Waals surface area contributed by atoms with Gasteiger partial charge in [-0.3, -0.25) is 4.79 Å². The maximum absolute atomic E-state index is 12.0. The lowest BCUT2D eigenvalue weighted by Gasteiger charge is -2.11. The Hall–Kier alpha value is -1.77.